The molecule has 0 saturated heterocycles. The quantitative estimate of drug-likeness (QED) is 0.768. The molecule has 2 nitrogen and oxygen atoms in total. The summed E-state index contributed by atoms with van der Waals surface area (Å²) in [5.74, 6) is 2.84. The zero-order chi connectivity index (χ0) is 14.2. The van der Waals surface area contributed by atoms with Gasteiger partial charge >= 0.3 is 0 Å². The van der Waals surface area contributed by atoms with Crippen LogP contribution in [0.5, 0.6) is 0 Å². The molecule has 2 heteroatoms. The summed E-state index contributed by atoms with van der Waals surface area (Å²) in [5.41, 5.74) is 0.300. The molecule has 0 amide bonds. The molecule has 0 heterocycles. The van der Waals surface area contributed by atoms with Crippen LogP contribution in [0.15, 0.2) is 0 Å². The lowest BCUT2D eigenvalue weighted by Crippen LogP contribution is -2.54. The van der Waals surface area contributed by atoms with E-state index in [9.17, 15) is 5.11 Å². The summed E-state index contributed by atoms with van der Waals surface area (Å²) < 4.78 is 0. The van der Waals surface area contributed by atoms with E-state index in [0.717, 1.165) is 37.4 Å². The predicted octanol–water partition coefficient (Wildman–Crippen LogP) is 3.69. The van der Waals surface area contributed by atoms with Crippen molar-refractivity contribution < 1.29 is 5.11 Å². The van der Waals surface area contributed by atoms with Crippen LogP contribution in [0.2, 0.25) is 0 Å². The Hall–Kier alpha value is -0.0800. The van der Waals surface area contributed by atoms with Gasteiger partial charge in [-0.05, 0) is 87.6 Å². The maximum Gasteiger partial charge on any atom is 0.0723 e. The lowest BCUT2D eigenvalue weighted by Gasteiger charge is -2.58. The van der Waals surface area contributed by atoms with E-state index >= 15 is 0 Å². The highest BCUT2D eigenvalue weighted by molar-refractivity contribution is 5.04. The van der Waals surface area contributed by atoms with Gasteiger partial charge in [0, 0.05) is 6.54 Å². The molecule has 4 rings (SSSR count). The molecule has 1 N–H and O–H groups in total. The molecular weight excluding hydrogens is 246 g/mol. The molecule has 0 spiro atoms. The molecule has 1 atom stereocenters. The Bertz CT molecular complexity index is 286. The zero-order valence-electron chi connectivity index (χ0n) is 13.5. The van der Waals surface area contributed by atoms with Crippen LogP contribution in [0.3, 0.4) is 0 Å². The minimum Gasteiger partial charge on any atom is -0.391 e. The summed E-state index contributed by atoms with van der Waals surface area (Å²) >= 11 is 0. The number of hydrogen-bond acceptors (Lipinski definition) is 2. The first kappa shape index (κ1) is 14.8. The van der Waals surface area contributed by atoms with Gasteiger partial charge in [0.15, 0.2) is 0 Å². The summed E-state index contributed by atoms with van der Waals surface area (Å²) in [6.07, 6.45) is 10.7. The Morgan fingerprint density at radius 2 is 1.40 bits per heavy atom. The van der Waals surface area contributed by atoms with Crippen molar-refractivity contribution in [3.8, 4) is 0 Å². The fourth-order valence-electron chi connectivity index (χ4n) is 5.95. The Morgan fingerprint density at radius 1 is 0.950 bits per heavy atom. The topological polar surface area (TPSA) is 23.5 Å². The van der Waals surface area contributed by atoms with Crippen molar-refractivity contribution in [3.05, 3.63) is 0 Å². The summed E-state index contributed by atoms with van der Waals surface area (Å²) in [5, 5.41) is 11.0. The summed E-state index contributed by atoms with van der Waals surface area (Å²) in [6, 6.07) is 0. The van der Waals surface area contributed by atoms with Crippen molar-refractivity contribution in [2.45, 2.75) is 71.3 Å². The van der Waals surface area contributed by atoms with Gasteiger partial charge in [0.1, 0.15) is 0 Å². The lowest BCUT2D eigenvalue weighted by atomic mass is 9.48. The van der Waals surface area contributed by atoms with Gasteiger partial charge in [-0.2, -0.15) is 0 Å². The molecule has 20 heavy (non-hydrogen) atoms. The maximum atomic E-state index is 11.0. The van der Waals surface area contributed by atoms with E-state index in [-0.39, 0.29) is 6.10 Å². The number of aliphatic hydroxyl groups excluding tert-OH is 1. The minimum absolute atomic E-state index is 0.0750. The van der Waals surface area contributed by atoms with Crippen LogP contribution in [0.4, 0.5) is 0 Å². The molecule has 4 saturated carbocycles. The van der Waals surface area contributed by atoms with Crippen LogP contribution >= 0.6 is 0 Å². The summed E-state index contributed by atoms with van der Waals surface area (Å²) in [6.45, 7) is 7.72. The van der Waals surface area contributed by atoms with E-state index in [1.807, 2.05) is 0 Å². The maximum absolute atomic E-state index is 11.0. The molecule has 0 radical (unpaired) electrons. The van der Waals surface area contributed by atoms with Crippen LogP contribution in [0, 0.1) is 23.2 Å². The third-order valence-electron chi connectivity index (χ3n) is 6.30. The molecule has 4 aliphatic carbocycles. The monoisotopic (exact) mass is 279 g/mol. The van der Waals surface area contributed by atoms with E-state index in [1.165, 1.54) is 51.4 Å². The van der Waals surface area contributed by atoms with E-state index < -0.39 is 0 Å². The van der Waals surface area contributed by atoms with Gasteiger partial charge in [-0.15, -0.1) is 0 Å². The van der Waals surface area contributed by atoms with Crippen molar-refractivity contribution in [2.24, 2.45) is 23.2 Å². The average Bonchev–Trinajstić information content (AvgIpc) is 2.37. The Balaban J connectivity index is 1.65. The van der Waals surface area contributed by atoms with Crippen molar-refractivity contribution in [1.29, 1.82) is 0 Å². The van der Waals surface area contributed by atoms with E-state index in [4.69, 9.17) is 0 Å². The number of hydrogen-bond donors (Lipinski definition) is 1. The second kappa shape index (κ2) is 5.96. The van der Waals surface area contributed by atoms with Crippen LogP contribution in [-0.4, -0.2) is 35.7 Å². The Kier molecular flexibility index (Phi) is 4.42. The molecule has 1 unspecified atom stereocenters. The first-order valence-corrected chi connectivity index (χ1v) is 9.05. The molecule has 0 aromatic carbocycles. The van der Waals surface area contributed by atoms with Crippen LogP contribution in [0.25, 0.3) is 0 Å². The zero-order valence-corrected chi connectivity index (χ0v) is 13.5. The Labute approximate surface area is 124 Å². The highest BCUT2D eigenvalue weighted by Crippen LogP contribution is 2.61. The van der Waals surface area contributed by atoms with Crippen LogP contribution in [-0.2, 0) is 0 Å². The van der Waals surface area contributed by atoms with Gasteiger partial charge in [-0.25, -0.2) is 0 Å². The number of nitrogens with zero attached hydrogens (tertiary/aromatic N) is 1. The highest BCUT2D eigenvalue weighted by Gasteiger charge is 2.53. The van der Waals surface area contributed by atoms with Gasteiger partial charge in [0.25, 0.3) is 0 Å². The van der Waals surface area contributed by atoms with Crippen LogP contribution in [0.1, 0.15) is 65.2 Å². The Morgan fingerprint density at radius 3 is 1.80 bits per heavy atom. The minimum atomic E-state index is -0.0750. The normalized spacial score (nSPS) is 40.5. The molecule has 116 valence electrons. The standard InChI is InChI=1S/C18H33NO/c1-3-5-19(6-4-2)13-17(20)18-10-14-7-15(11-18)9-16(8-14)12-18/h14-17,20H,3-13H2,1-2H3. The largest absolute Gasteiger partial charge is 0.391 e. The van der Waals surface area contributed by atoms with Crippen molar-refractivity contribution in [3.63, 3.8) is 0 Å². The SMILES string of the molecule is CCCN(CCC)CC(O)C12CC3CC(CC(C3)C1)C2. The smallest absolute Gasteiger partial charge is 0.0723 e. The average molecular weight is 279 g/mol. The van der Waals surface area contributed by atoms with Crippen LogP contribution < -0.4 is 0 Å². The molecule has 0 aromatic rings. The van der Waals surface area contributed by atoms with E-state index in [2.05, 4.69) is 18.7 Å². The lowest BCUT2D eigenvalue weighted by molar-refractivity contribution is -0.126. The first-order chi connectivity index (χ1) is 9.65. The fourth-order valence-corrected chi connectivity index (χ4v) is 5.95. The van der Waals surface area contributed by atoms with Crippen molar-refractivity contribution >= 4 is 0 Å². The molecular formula is C18H33NO. The predicted molar refractivity (Wildman–Crippen MR) is 83.6 cm³/mol. The fraction of sp³-hybridized carbons (Fsp3) is 1.00. The van der Waals surface area contributed by atoms with E-state index in [1.54, 1.807) is 0 Å². The summed E-state index contributed by atoms with van der Waals surface area (Å²) in [7, 11) is 0. The van der Waals surface area contributed by atoms with Gasteiger partial charge in [-0.3, -0.25) is 0 Å². The second-order valence-corrected chi connectivity index (χ2v) is 8.10. The van der Waals surface area contributed by atoms with E-state index in [0.29, 0.717) is 5.41 Å². The van der Waals surface area contributed by atoms with Gasteiger partial charge < -0.3 is 10.0 Å². The third kappa shape index (κ3) is 2.78. The van der Waals surface area contributed by atoms with Gasteiger partial charge in [-0.1, -0.05) is 13.8 Å². The van der Waals surface area contributed by atoms with Crippen molar-refractivity contribution in [2.75, 3.05) is 19.6 Å². The summed E-state index contributed by atoms with van der Waals surface area (Å²) in [4.78, 5) is 2.50. The van der Waals surface area contributed by atoms with Crippen molar-refractivity contribution in [1.82, 2.24) is 4.90 Å². The van der Waals surface area contributed by atoms with Gasteiger partial charge in [0.2, 0.25) is 0 Å². The second-order valence-electron chi connectivity index (χ2n) is 8.10. The number of aliphatic hydroxyl groups is 1. The van der Waals surface area contributed by atoms with Gasteiger partial charge in [0.05, 0.1) is 6.10 Å². The first-order valence-electron chi connectivity index (χ1n) is 9.05. The molecule has 4 bridgehead atoms. The number of rotatable bonds is 7. The highest BCUT2D eigenvalue weighted by atomic mass is 16.3. The third-order valence-corrected chi connectivity index (χ3v) is 6.30. The molecule has 0 aromatic heterocycles. The molecule has 0 aliphatic heterocycles. The molecule has 4 fully saturated rings. The molecule has 4 aliphatic rings.